The van der Waals surface area contributed by atoms with E-state index < -0.39 is 0 Å². The van der Waals surface area contributed by atoms with Crippen molar-refractivity contribution < 1.29 is 14.2 Å². The van der Waals surface area contributed by atoms with Crippen molar-refractivity contribution in [3.63, 3.8) is 0 Å². The van der Waals surface area contributed by atoms with E-state index in [9.17, 15) is 0 Å². The Labute approximate surface area is 138 Å². The summed E-state index contributed by atoms with van der Waals surface area (Å²) in [6, 6.07) is 7.46. The van der Waals surface area contributed by atoms with Crippen LogP contribution in [0.3, 0.4) is 0 Å². The number of thiophene rings is 1. The van der Waals surface area contributed by atoms with Crippen LogP contribution >= 0.6 is 11.3 Å². The van der Waals surface area contributed by atoms with Gasteiger partial charge in [0.15, 0.2) is 0 Å². The first-order valence-electron chi connectivity index (χ1n) is 7.29. The van der Waals surface area contributed by atoms with Crippen molar-refractivity contribution in [1.82, 2.24) is 9.97 Å². The standard InChI is InChI=1S/C17H18N2O3S/c1-11-12(2)23-17-15(11)16(18-10-19-17)22-9-8-21-14-6-4-13(20-3)5-7-14/h4-7,10H,8-9H2,1-3H3. The molecule has 0 saturated carbocycles. The molecule has 2 heterocycles. The molecule has 0 aliphatic heterocycles. The molecule has 120 valence electrons. The molecule has 0 unspecified atom stereocenters. The summed E-state index contributed by atoms with van der Waals surface area (Å²) in [5.41, 5.74) is 1.18. The Bertz CT molecular complexity index is 799. The van der Waals surface area contributed by atoms with Crippen molar-refractivity contribution in [1.29, 1.82) is 0 Å². The van der Waals surface area contributed by atoms with E-state index in [-0.39, 0.29) is 0 Å². The van der Waals surface area contributed by atoms with Crippen LogP contribution in [0.2, 0.25) is 0 Å². The molecule has 0 aliphatic rings. The lowest BCUT2D eigenvalue weighted by Crippen LogP contribution is -2.10. The van der Waals surface area contributed by atoms with Crippen molar-refractivity contribution in [3.05, 3.63) is 41.0 Å². The highest BCUT2D eigenvalue weighted by Crippen LogP contribution is 2.33. The van der Waals surface area contributed by atoms with Crippen molar-refractivity contribution in [2.45, 2.75) is 13.8 Å². The first-order valence-corrected chi connectivity index (χ1v) is 8.11. The molecule has 6 heteroatoms. The number of nitrogens with zero attached hydrogens (tertiary/aromatic N) is 2. The van der Waals surface area contributed by atoms with Gasteiger partial charge in [-0.1, -0.05) is 0 Å². The van der Waals surface area contributed by atoms with Crippen LogP contribution in [-0.2, 0) is 0 Å². The Morgan fingerprint density at radius 1 is 0.957 bits per heavy atom. The second-order valence-electron chi connectivity index (χ2n) is 5.01. The van der Waals surface area contributed by atoms with Gasteiger partial charge in [-0.2, -0.15) is 0 Å². The van der Waals surface area contributed by atoms with E-state index in [0.717, 1.165) is 21.7 Å². The molecule has 0 fully saturated rings. The van der Waals surface area contributed by atoms with E-state index >= 15 is 0 Å². The number of methoxy groups -OCH3 is 1. The molecule has 3 rings (SSSR count). The first-order chi connectivity index (χ1) is 11.2. The van der Waals surface area contributed by atoms with Gasteiger partial charge >= 0.3 is 0 Å². The number of ether oxygens (including phenoxy) is 3. The number of fused-ring (bicyclic) bond motifs is 1. The molecule has 0 amide bonds. The number of rotatable bonds is 6. The van der Waals surface area contributed by atoms with E-state index in [0.29, 0.717) is 19.1 Å². The minimum absolute atomic E-state index is 0.423. The van der Waals surface area contributed by atoms with Crippen LogP contribution < -0.4 is 14.2 Å². The third kappa shape index (κ3) is 3.37. The molecule has 23 heavy (non-hydrogen) atoms. The van der Waals surface area contributed by atoms with Crippen molar-refractivity contribution >= 4 is 21.6 Å². The van der Waals surface area contributed by atoms with Crippen LogP contribution in [0.5, 0.6) is 17.4 Å². The van der Waals surface area contributed by atoms with Gasteiger partial charge in [0.05, 0.1) is 12.5 Å². The van der Waals surface area contributed by atoms with E-state index in [1.807, 2.05) is 24.3 Å². The molecule has 2 aromatic heterocycles. The SMILES string of the molecule is COc1ccc(OCCOc2ncnc3sc(C)c(C)c23)cc1. The lowest BCUT2D eigenvalue weighted by molar-refractivity contribution is 0.213. The highest BCUT2D eigenvalue weighted by molar-refractivity contribution is 7.18. The molecule has 0 radical (unpaired) electrons. The zero-order valence-corrected chi connectivity index (χ0v) is 14.1. The summed E-state index contributed by atoms with van der Waals surface area (Å²) in [7, 11) is 1.64. The normalized spacial score (nSPS) is 10.7. The topological polar surface area (TPSA) is 53.5 Å². The number of hydrogen-bond donors (Lipinski definition) is 0. The van der Waals surface area contributed by atoms with Crippen molar-refractivity contribution in [2.75, 3.05) is 20.3 Å². The second kappa shape index (κ2) is 6.83. The summed E-state index contributed by atoms with van der Waals surface area (Å²) in [5.74, 6) is 2.21. The quantitative estimate of drug-likeness (QED) is 0.644. The van der Waals surface area contributed by atoms with E-state index in [1.54, 1.807) is 18.4 Å². The third-order valence-electron chi connectivity index (χ3n) is 3.58. The largest absolute Gasteiger partial charge is 0.497 e. The van der Waals surface area contributed by atoms with Gasteiger partial charge in [-0.05, 0) is 43.7 Å². The highest BCUT2D eigenvalue weighted by Gasteiger charge is 2.12. The van der Waals surface area contributed by atoms with Crippen LogP contribution in [0.25, 0.3) is 10.2 Å². The summed E-state index contributed by atoms with van der Waals surface area (Å²) in [6.45, 7) is 5.02. The maximum absolute atomic E-state index is 5.79. The highest BCUT2D eigenvalue weighted by atomic mass is 32.1. The van der Waals surface area contributed by atoms with Gasteiger partial charge in [0.1, 0.15) is 35.9 Å². The van der Waals surface area contributed by atoms with Gasteiger partial charge < -0.3 is 14.2 Å². The van der Waals surface area contributed by atoms with Crippen molar-refractivity contribution in [3.8, 4) is 17.4 Å². The zero-order valence-electron chi connectivity index (χ0n) is 13.3. The average molecular weight is 330 g/mol. The number of benzene rings is 1. The Hall–Kier alpha value is -2.34. The lowest BCUT2D eigenvalue weighted by Gasteiger charge is -2.09. The fourth-order valence-corrected chi connectivity index (χ4v) is 3.22. The van der Waals surface area contributed by atoms with E-state index in [1.165, 1.54) is 16.8 Å². The maximum atomic E-state index is 5.79. The number of hydrogen-bond acceptors (Lipinski definition) is 6. The van der Waals surface area contributed by atoms with Gasteiger partial charge in [-0.3, -0.25) is 0 Å². The fourth-order valence-electron chi connectivity index (χ4n) is 2.23. The predicted octanol–water partition coefficient (Wildman–Crippen LogP) is 3.77. The van der Waals surface area contributed by atoms with Gasteiger partial charge in [0, 0.05) is 4.88 Å². The Morgan fingerprint density at radius 3 is 2.39 bits per heavy atom. The number of aryl methyl sites for hydroxylation is 2. The fraction of sp³-hybridized carbons (Fsp3) is 0.294. The lowest BCUT2D eigenvalue weighted by atomic mass is 10.2. The molecule has 0 bridgehead atoms. The molecule has 3 aromatic rings. The minimum Gasteiger partial charge on any atom is -0.497 e. The summed E-state index contributed by atoms with van der Waals surface area (Å²) in [5, 5.41) is 0.999. The molecule has 0 aliphatic carbocycles. The summed E-state index contributed by atoms with van der Waals surface area (Å²) in [4.78, 5) is 10.7. The predicted molar refractivity (Wildman–Crippen MR) is 90.9 cm³/mol. The Balaban J connectivity index is 1.60. The maximum Gasteiger partial charge on any atom is 0.225 e. The monoisotopic (exact) mass is 330 g/mol. The van der Waals surface area contributed by atoms with Crippen molar-refractivity contribution in [2.24, 2.45) is 0 Å². The second-order valence-corrected chi connectivity index (χ2v) is 6.22. The molecule has 0 spiro atoms. The molecule has 0 atom stereocenters. The molecular formula is C17H18N2O3S. The van der Waals surface area contributed by atoms with Crippen LogP contribution in [0.1, 0.15) is 10.4 Å². The van der Waals surface area contributed by atoms with Crippen LogP contribution in [0.15, 0.2) is 30.6 Å². The molecule has 5 nitrogen and oxygen atoms in total. The van der Waals surface area contributed by atoms with E-state index in [2.05, 4.69) is 23.8 Å². The summed E-state index contributed by atoms with van der Waals surface area (Å²) in [6.07, 6.45) is 1.54. The van der Waals surface area contributed by atoms with Crippen LogP contribution in [-0.4, -0.2) is 30.3 Å². The van der Waals surface area contributed by atoms with Gasteiger partial charge in [0.25, 0.3) is 0 Å². The van der Waals surface area contributed by atoms with Gasteiger partial charge in [-0.25, -0.2) is 9.97 Å². The van der Waals surface area contributed by atoms with Gasteiger partial charge in [0.2, 0.25) is 5.88 Å². The zero-order chi connectivity index (χ0) is 16.2. The first kappa shape index (κ1) is 15.6. The minimum atomic E-state index is 0.423. The molecular weight excluding hydrogens is 312 g/mol. The number of aromatic nitrogens is 2. The molecule has 0 saturated heterocycles. The average Bonchev–Trinajstić information content (AvgIpc) is 2.87. The van der Waals surface area contributed by atoms with Crippen LogP contribution in [0, 0.1) is 13.8 Å². The Morgan fingerprint density at radius 2 is 1.65 bits per heavy atom. The van der Waals surface area contributed by atoms with Gasteiger partial charge in [-0.15, -0.1) is 11.3 Å². The smallest absolute Gasteiger partial charge is 0.225 e. The molecule has 0 N–H and O–H groups in total. The third-order valence-corrected chi connectivity index (χ3v) is 4.70. The Kier molecular flexibility index (Phi) is 4.62. The summed E-state index contributed by atoms with van der Waals surface area (Å²) >= 11 is 1.66. The van der Waals surface area contributed by atoms with E-state index in [4.69, 9.17) is 14.2 Å². The molecule has 1 aromatic carbocycles. The van der Waals surface area contributed by atoms with Crippen LogP contribution in [0.4, 0.5) is 0 Å². The summed E-state index contributed by atoms with van der Waals surface area (Å²) < 4.78 is 16.6.